The second-order valence-electron chi connectivity index (χ2n) is 4.33. The minimum absolute atomic E-state index is 0.156. The molecular weight excluding hydrogens is 260 g/mol. The average molecular weight is 278 g/mol. The molecule has 2 amide bonds. The van der Waals surface area contributed by atoms with Crippen molar-refractivity contribution in [3.63, 3.8) is 0 Å². The van der Waals surface area contributed by atoms with Crippen molar-refractivity contribution >= 4 is 17.7 Å². The summed E-state index contributed by atoms with van der Waals surface area (Å²) in [5, 5.41) is 2.79. The number of rotatable bonds is 6. The Kier molecular flexibility index (Phi) is 4.81. The van der Waals surface area contributed by atoms with Gasteiger partial charge in [-0.1, -0.05) is 12.1 Å². The lowest BCUT2D eigenvalue weighted by atomic mass is 10.2. The van der Waals surface area contributed by atoms with E-state index in [-0.39, 0.29) is 18.4 Å². The molecule has 1 aliphatic heterocycles. The van der Waals surface area contributed by atoms with Crippen LogP contribution in [0.5, 0.6) is 5.75 Å². The molecule has 6 nitrogen and oxygen atoms in total. The topological polar surface area (TPSA) is 67.9 Å². The third kappa shape index (κ3) is 3.63. The molecule has 1 aliphatic rings. The molecule has 1 saturated heterocycles. The van der Waals surface area contributed by atoms with E-state index in [0.29, 0.717) is 37.7 Å². The summed E-state index contributed by atoms with van der Waals surface area (Å²) in [4.78, 5) is 24.6. The summed E-state index contributed by atoms with van der Waals surface area (Å²) in [6, 6.07) is 7.26. The van der Waals surface area contributed by atoms with Crippen molar-refractivity contribution in [2.75, 3.05) is 31.6 Å². The zero-order chi connectivity index (χ0) is 14.4. The van der Waals surface area contributed by atoms with Gasteiger partial charge in [0.25, 0.3) is 0 Å². The number of nitrogens with one attached hydrogen (secondary N) is 1. The van der Waals surface area contributed by atoms with Crippen molar-refractivity contribution in [1.82, 2.24) is 4.90 Å². The first-order valence-electron chi connectivity index (χ1n) is 6.64. The van der Waals surface area contributed by atoms with Crippen molar-refractivity contribution in [2.45, 2.75) is 13.3 Å². The highest BCUT2D eigenvalue weighted by Gasteiger charge is 2.22. The van der Waals surface area contributed by atoms with Crippen LogP contribution in [0.3, 0.4) is 0 Å². The zero-order valence-corrected chi connectivity index (χ0v) is 11.4. The molecule has 0 bridgehead atoms. The first kappa shape index (κ1) is 14.2. The Labute approximate surface area is 117 Å². The first-order chi connectivity index (χ1) is 9.70. The van der Waals surface area contributed by atoms with E-state index in [9.17, 15) is 9.59 Å². The summed E-state index contributed by atoms with van der Waals surface area (Å²) in [6.07, 6.45) is -0.122. The van der Waals surface area contributed by atoms with Gasteiger partial charge in [0.1, 0.15) is 12.4 Å². The molecule has 1 N–H and O–H groups in total. The molecule has 20 heavy (non-hydrogen) atoms. The molecule has 0 spiro atoms. The van der Waals surface area contributed by atoms with Gasteiger partial charge in [0, 0.05) is 13.0 Å². The molecule has 0 aliphatic carbocycles. The largest absolute Gasteiger partial charge is 0.492 e. The average Bonchev–Trinajstić information content (AvgIpc) is 2.84. The summed E-state index contributed by atoms with van der Waals surface area (Å²) in [5.74, 6) is 0.487. The second kappa shape index (κ2) is 6.79. The van der Waals surface area contributed by atoms with Gasteiger partial charge in [0.15, 0.2) is 0 Å². The van der Waals surface area contributed by atoms with Gasteiger partial charge in [-0.3, -0.25) is 4.79 Å². The van der Waals surface area contributed by atoms with Crippen LogP contribution in [0.15, 0.2) is 24.3 Å². The summed E-state index contributed by atoms with van der Waals surface area (Å²) in [7, 11) is 0. The van der Waals surface area contributed by atoms with Gasteiger partial charge in [-0.15, -0.1) is 0 Å². The molecule has 0 aromatic heterocycles. The van der Waals surface area contributed by atoms with E-state index in [1.165, 1.54) is 4.90 Å². The van der Waals surface area contributed by atoms with E-state index < -0.39 is 0 Å². The molecule has 0 atom stereocenters. The monoisotopic (exact) mass is 278 g/mol. The Morgan fingerprint density at radius 2 is 2.25 bits per heavy atom. The lowest BCUT2D eigenvalue weighted by Crippen LogP contribution is -2.28. The van der Waals surface area contributed by atoms with E-state index in [1.54, 1.807) is 12.1 Å². The SMILES string of the molecule is CCOc1ccccc1NC(=O)CCN1CCOC1=O. The van der Waals surface area contributed by atoms with E-state index in [0.717, 1.165) is 0 Å². The van der Waals surface area contributed by atoms with Crippen LogP contribution < -0.4 is 10.1 Å². The van der Waals surface area contributed by atoms with E-state index in [1.807, 2.05) is 19.1 Å². The molecule has 0 saturated carbocycles. The predicted octanol–water partition coefficient (Wildman–Crippen LogP) is 1.87. The molecular formula is C14H18N2O4. The Balaban J connectivity index is 1.86. The van der Waals surface area contributed by atoms with Gasteiger partial charge in [0.2, 0.25) is 5.91 Å². The Bertz CT molecular complexity index is 490. The normalized spacial score (nSPS) is 14.1. The van der Waals surface area contributed by atoms with E-state index in [4.69, 9.17) is 9.47 Å². The fourth-order valence-corrected chi connectivity index (χ4v) is 1.93. The number of carbonyl (C=O) groups is 2. The molecule has 108 valence electrons. The highest BCUT2D eigenvalue weighted by atomic mass is 16.6. The molecule has 1 fully saturated rings. The van der Waals surface area contributed by atoms with Crippen LogP contribution in [-0.4, -0.2) is 43.2 Å². The Morgan fingerprint density at radius 1 is 1.45 bits per heavy atom. The third-order valence-electron chi connectivity index (χ3n) is 2.91. The minimum Gasteiger partial charge on any atom is -0.492 e. The van der Waals surface area contributed by atoms with Gasteiger partial charge in [-0.25, -0.2) is 4.79 Å². The minimum atomic E-state index is -0.354. The van der Waals surface area contributed by atoms with Crippen LogP contribution in [0.25, 0.3) is 0 Å². The van der Waals surface area contributed by atoms with Gasteiger partial charge >= 0.3 is 6.09 Å². The van der Waals surface area contributed by atoms with E-state index >= 15 is 0 Å². The molecule has 6 heteroatoms. The van der Waals surface area contributed by atoms with Crippen LogP contribution in [0, 0.1) is 0 Å². The summed E-state index contributed by atoms with van der Waals surface area (Å²) in [6.45, 7) is 3.72. The number of anilines is 1. The summed E-state index contributed by atoms with van der Waals surface area (Å²) in [5.41, 5.74) is 0.642. The number of nitrogens with zero attached hydrogens (tertiary/aromatic N) is 1. The van der Waals surface area contributed by atoms with Crippen molar-refractivity contribution in [1.29, 1.82) is 0 Å². The first-order valence-corrected chi connectivity index (χ1v) is 6.64. The number of hydrogen-bond donors (Lipinski definition) is 1. The highest BCUT2D eigenvalue weighted by molar-refractivity contribution is 5.92. The molecule has 1 heterocycles. The fourth-order valence-electron chi connectivity index (χ4n) is 1.93. The maximum atomic E-state index is 11.9. The number of para-hydroxylation sites is 2. The summed E-state index contributed by atoms with van der Waals surface area (Å²) < 4.78 is 10.2. The van der Waals surface area contributed by atoms with Gasteiger partial charge in [0.05, 0.1) is 18.8 Å². The highest BCUT2D eigenvalue weighted by Crippen LogP contribution is 2.23. The third-order valence-corrected chi connectivity index (χ3v) is 2.91. The zero-order valence-electron chi connectivity index (χ0n) is 11.4. The second-order valence-corrected chi connectivity index (χ2v) is 4.33. The maximum absolute atomic E-state index is 11.9. The smallest absolute Gasteiger partial charge is 0.409 e. The van der Waals surface area contributed by atoms with Crippen molar-refractivity contribution in [2.24, 2.45) is 0 Å². The van der Waals surface area contributed by atoms with Crippen LogP contribution >= 0.6 is 0 Å². The van der Waals surface area contributed by atoms with Gasteiger partial charge in [-0.2, -0.15) is 0 Å². The number of ether oxygens (including phenoxy) is 2. The molecule has 0 radical (unpaired) electrons. The van der Waals surface area contributed by atoms with Crippen molar-refractivity contribution in [3.8, 4) is 5.75 Å². The number of benzene rings is 1. The van der Waals surface area contributed by atoms with Crippen molar-refractivity contribution in [3.05, 3.63) is 24.3 Å². The van der Waals surface area contributed by atoms with Gasteiger partial charge in [-0.05, 0) is 19.1 Å². The lowest BCUT2D eigenvalue weighted by Gasteiger charge is -2.13. The van der Waals surface area contributed by atoms with Crippen LogP contribution in [0.4, 0.5) is 10.5 Å². The number of cyclic esters (lactones) is 1. The van der Waals surface area contributed by atoms with E-state index in [2.05, 4.69) is 5.32 Å². The standard InChI is InChI=1S/C14H18N2O4/c1-2-19-12-6-4-3-5-11(12)15-13(17)7-8-16-9-10-20-14(16)18/h3-6H,2,7-10H2,1H3,(H,15,17). The Morgan fingerprint density at radius 3 is 2.95 bits per heavy atom. The molecule has 1 aromatic rings. The fraction of sp³-hybridized carbons (Fsp3) is 0.429. The molecule has 0 unspecified atom stereocenters. The lowest BCUT2D eigenvalue weighted by molar-refractivity contribution is -0.116. The van der Waals surface area contributed by atoms with Crippen LogP contribution in [-0.2, 0) is 9.53 Å². The molecule has 1 aromatic carbocycles. The van der Waals surface area contributed by atoms with Crippen LogP contribution in [0.1, 0.15) is 13.3 Å². The van der Waals surface area contributed by atoms with Crippen LogP contribution in [0.2, 0.25) is 0 Å². The number of hydrogen-bond acceptors (Lipinski definition) is 4. The number of amides is 2. The van der Waals surface area contributed by atoms with Crippen molar-refractivity contribution < 1.29 is 19.1 Å². The predicted molar refractivity (Wildman–Crippen MR) is 73.8 cm³/mol. The number of carbonyl (C=O) groups excluding carboxylic acids is 2. The molecule has 2 rings (SSSR count). The Hall–Kier alpha value is -2.24. The summed E-state index contributed by atoms with van der Waals surface area (Å²) >= 11 is 0. The maximum Gasteiger partial charge on any atom is 0.409 e. The quantitative estimate of drug-likeness (QED) is 0.862. The van der Waals surface area contributed by atoms with Gasteiger partial charge < -0.3 is 19.7 Å².